The number of nitrogens with zero attached hydrogens (tertiary/aromatic N) is 1. The number of halogens is 2. The molecule has 1 amide bonds. The summed E-state index contributed by atoms with van der Waals surface area (Å²) in [6, 6.07) is 6.19. The van der Waals surface area contributed by atoms with E-state index in [1.807, 2.05) is 6.92 Å². The lowest BCUT2D eigenvalue weighted by atomic mass is 10.2. The Hall–Kier alpha value is -1.33. The maximum absolute atomic E-state index is 13.6. The lowest BCUT2D eigenvalue weighted by molar-refractivity contribution is -0.138. The normalized spacial score (nSPS) is 16.6. The van der Waals surface area contributed by atoms with Crippen molar-refractivity contribution < 1.29 is 13.9 Å². The second kappa shape index (κ2) is 8.85. The predicted molar refractivity (Wildman–Crippen MR) is 82.4 cm³/mol. The van der Waals surface area contributed by atoms with E-state index in [4.69, 9.17) is 4.74 Å². The van der Waals surface area contributed by atoms with Gasteiger partial charge in [-0.1, -0.05) is 19.1 Å². The zero-order valence-electron chi connectivity index (χ0n) is 12.2. The fourth-order valence-corrected chi connectivity index (χ4v) is 2.27. The van der Waals surface area contributed by atoms with Gasteiger partial charge in [0, 0.05) is 19.6 Å². The Morgan fingerprint density at radius 2 is 2.14 bits per heavy atom. The van der Waals surface area contributed by atoms with E-state index in [0.717, 1.165) is 26.1 Å². The number of carbonyl (C=O) groups is 1. The van der Waals surface area contributed by atoms with Gasteiger partial charge in [-0.2, -0.15) is 0 Å². The minimum Gasteiger partial charge on any atom is -0.478 e. The zero-order chi connectivity index (χ0) is 14.4. The van der Waals surface area contributed by atoms with Crippen LogP contribution < -0.4 is 10.1 Å². The van der Waals surface area contributed by atoms with E-state index in [-0.39, 0.29) is 24.1 Å². The number of amides is 1. The first kappa shape index (κ1) is 17.7. The molecule has 1 aliphatic rings. The van der Waals surface area contributed by atoms with E-state index in [9.17, 15) is 9.18 Å². The van der Waals surface area contributed by atoms with Gasteiger partial charge in [-0.25, -0.2) is 4.39 Å². The topological polar surface area (TPSA) is 41.6 Å². The maximum Gasteiger partial charge on any atom is 0.263 e. The third kappa shape index (κ3) is 4.86. The molecule has 1 heterocycles. The van der Waals surface area contributed by atoms with E-state index in [1.54, 1.807) is 23.1 Å². The second-order valence-electron chi connectivity index (χ2n) is 4.87. The van der Waals surface area contributed by atoms with Crippen molar-refractivity contribution in [1.29, 1.82) is 0 Å². The standard InChI is InChI=1S/C15H21FN2O2.ClH/c1-2-13(20-14-7-4-3-6-12(14)16)15(19)18-10-5-8-17-9-11-18;/h3-4,6-7,13,17H,2,5,8-11H2,1H3;1H. The van der Waals surface area contributed by atoms with Crippen LogP contribution in [0.15, 0.2) is 24.3 Å². The number of carbonyl (C=O) groups excluding carboxylic acids is 1. The molecular formula is C15H22ClFN2O2. The van der Waals surface area contributed by atoms with Crippen LogP contribution in [-0.4, -0.2) is 43.1 Å². The number of benzene rings is 1. The van der Waals surface area contributed by atoms with Gasteiger partial charge in [0.2, 0.25) is 0 Å². The van der Waals surface area contributed by atoms with Crippen molar-refractivity contribution in [3.63, 3.8) is 0 Å². The van der Waals surface area contributed by atoms with Gasteiger partial charge in [-0.05, 0) is 31.5 Å². The van der Waals surface area contributed by atoms with Crippen molar-refractivity contribution in [3.8, 4) is 5.75 Å². The van der Waals surface area contributed by atoms with E-state index in [2.05, 4.69) is 5.32 Å². The average Bonchev–Trinajstić information content (AvgIpc) is 2.75. The van der Waals surface area contributed by atoms with Crippen molar-refractivity contribution >= 4 is 18.3 Å². The highest BCUT2D eigenvalue weighted by molar-refractivity contribution is 5.85. The van der Waals surface area contributed by atoms with Crippen LogP contribution in [0.5, 0.6) is 5.75 Å². The quantitative estimate of drug-likeness (QED) is 0.926. The molecule has 2 rings (SSSR count). The van der Waals surface area contributed by atoms with Crippen molar-refractivity contribution in [2.24, 2.45) is 0 Å². The summed E-state index contributed by atoms with van der Waals surface area (Å²) in [7, 11) is 0. The SMILES string of the molecule is CCC(Oc1ccccc1F)C(=O)N1CCCNCC1.Cl. The van der Waals surface area contributed by atoms with Crippen LogP contribution in [0.2, 0.25) is 0 Å². The van der Waals surface area contributed by atoms with E-state index < -0.39 is 11.9 Å². The van der Waals surface area contributed by atoms with Gasteiger partial charge < -0.3 is 15.0 Å². The molecule has 1 saturated heterocycles. The Morgan fingerprint density at radius 3 is 2.86 bits per heavy atom. The first-order chi connectivity index (χ1) is 9.72. The summed E-state index contributed by atoms with van der Waals surface area (Å²) >= 11 is 0. The fraction of sp³-hybridized carbons (Fsp3) is 0.533. The molecular weight excluding hydrogens is 295 g/mol. The summed E-state index contributed by atoms with van der Waals surface area (Å²) in [6.07, 6.45) is 0.837. The molecule has 118 valence electrons. The largest absolute Gasteiger partial charge is 0.478 e. The molecule has 0 aromatic heterocycles. The molecule has 1 aromatic rings. The second-order valence-corrected chi connectivity index (χ2v) is 4.87. The fourth-order valence-electron chi connectivity index (χ4n) is 2.27. The minimum atomic E-state index is -0.620. The molecule has 1 aromatic carbocycles. The molecule has 0 bridgehead atoms. The molecule has 1 atom stereocenters. The zero-order valence-corrected chi connectivity index (χ0v) is 13.0. The molecule has 21 heavy (non-hydrogen) atoms. The molecule has 0 aliphatic carbocycles. The molecule has 1 aliphatic heterocycles. The van der Waals surface area contributed by atoms with Crippen LogP contribution >= 0.6 is 12.4 Å². The van der Waals surface area contributed by atoms with Crippen LogP contribution in [0, 0.1) is 5.82 Å². The summed E-state index contributed by atoms with van der Waals surface area (Å²) in [4.78, 5) is 14.2. The lowest BCUT2D eigenvalue weighted by Crippen LogP contribution is -2.43. The predicted octanol–water partition coefficient (Wildman–Crippen LogP) is 2.23. The Kier molecular flexibility index (Phi) is 7.47. The van der Waals surface area contributed by atoms with E-state index in [0.29, 0.717) is 13.0 Å². The Morgan fingerprint density at radius 1 is 1.38 bits per heavy atom. The van der Waals surface area contributed by atoms with Gasteiger partial charge in [0.15, 0.2) is 17.7 Å². The monoisotopic (exact) mass is 316 g/mol. The molecule has 0 saturated carbocycles. The highest BCUT2D eigenvalue weighted by atomic mass is 35.5. The minimum absolute atomic E-state index is 0. The van der Waals surface area contributed by atoms with Crippen LogP contribution in [-0.2, 0) is 4.79 Å². The molecule has 0 radical (unpaired) electrons. The summed E-state index contributed by atoms with van der Waals surface area (Å²) in [5, 5.41) is 3.25. The summed E-state index contributed by atoms with van der Waals surface area (Å²) in [5.41, 5.74) is 0. The first-order valence-electron chi connectivity index (χ1n) is 7.13. The Labute approximate surface area is 131 Å². The third-order valence-corrected chi connectivity index (χ3v) is 3.40. The van der Waals surface area contributed by atoms with Gasteiger partial charge in [-0.3, -0.25) is 4.79 Å². The number of para-hydroxylation sites is 1. The van der Waals surface area contributed by atoms with Gasteiger partial charge in [-0.15, -0.1) is 12.4 Å². The van der Waals surface area contributed by atoms with Gasteiger partial charge >= 0.3 is 0 Å². The van der Waals surface area contributed by atoms with Crippen molar-refractivity contribution in [1.82, 2.24) is 10.2 Å². The van der Waals surface area contributed by atoms with Crippen LogP contribution in [0.1, 0.15) is 19.8 Å². The summed E-state index contributed by atoms with van der Waals surface area (Å²) in [5.74, 6) is -0.351. The number of hydrogen-bond donors (Lipinski definition) is 1. The summed E-state index contributed by atoms with van der Waals surface area (Å²) in [6.45, 7) is 5.00. The smallest absolute Gasteiger partial charge is 0.263 e. The highest BCUT2D eigenvalue weighted by Gasteiger charge is 2.25. The number of ether oxygens (including phenoxy) is 1. The molecule has 6 heteroatoms. The van der Waals surface area contributed by atoms with Crippen LogP contribution in [0.3, 0.4) is 0 Å². The van der Waals surface area contributed by atoms with Gasteiger partial charge in [0.1, 0.15) is 0 Å². The van der Waals surface area contributed by atoms with E-state index >= 15 is 0 Å². The molecule has 1 unspecified atom stereocenters. The van der Waals surface area contributed by atoms with Crippen LogP contribution in [0.25, 0.3) is 0 Å². The lowest BCUT2D eigenvalue weighted by Gasteiger charge is -2.25. The molecule has 4 nitrogen and oxygen atoms in total. The van der Waals surface area contributed by atoms with Crippen molar-refractivity contribution in [2.75, 3.05) is 26.2 Å². The van der Waals surface area contributed by atoms with Crippen LogP contribution in [0.4, 0.5) is 4.39 Å². The summed E-state index contributed by atoms with van der Waals surface area (Å²) < 4.78 is 19.2. The van der Waals surface area contributed by atoms with E-state index in [1.165, 1.54) is 6.07 Å². The Bertz CT molecular complexity index is 451. The maximum atomic E-state index is 13.6. The number of nitrogens with one attached hydrogen (secondary N) is 1. The van der Waals surface area contributed by atoms with Crippen molar-refractivity contribution in [3.05, 3.63) is 30.1 Å². The highest BCUT2D eigenvalue weighted by Crippen LogP contribution is 2.19. The molecule has 1 N–H and O–H groups in total. The van der Waals surface area contributed by atoms with Crippen molar-refractivity contribution in [2.45, 2.75) is 25.9 Å². The number of rotatable bonds is 4. The molecule has 0 spiro atoms. The van der Waals surface area contributed by atoms with Gasteiger partial charge in [0.05, 0.1) is 0 Å². The van der Waals surface area contributed by atoms with Gasteiger partial charge in [0.25, 0.3) is 5.91 Å². The number of hydrogen-bond acceptors (Lipinski definition) is 3. The third-order valence-electron chi connectivity index (χ3n) is 3.40. The molecule has 1 fully saturated rings. The Balaban J connectivity index is 0.00000220. The first-order valence-corrected chi connectivity index (χ1v) is 7.13. The average molecular weight is 317 g/mol.